The molecule has 0 aliphatic heterocycles. The number of hydrogen-bond acceptors (Lipinski definition) is 2. The third kappa shape index (κ3) is 5.44. The highest BCUT2D eigenvalue weighted by Gasteiger charge is 2.46. The lowest BCUT2D eigenvalue weighted by Crippen LogP contribution is -2.28. The predicted octanol–water partition coefficient (Wildman–Crippen LogP) is 16.7. The van der Waals surface area contributed by atoms with Gasteiger partial charge in [-0.1, -0.05) is 176 Å². The molecule has 3 heteroatoms. The van der Waals surface area contributed by atoms with Gasteiger partial charge in [0.15, 0.2) is 0 Å². The zero-order valence-electron chi connectivity index (χ0n) is 34.9. The smallest absolute Gasteiger partial charge is 0.0719 e. The third-order valence-corrected chi connectivity index (χ3v) is 14.6. The molecule has 2 nitrogen and oxygen atoms in total. The summed E-state index contributed by atoms with van der Waals surface area (Å²) >= 11 is 1.89. The maximum absolute atomic E-state index is 2.48. The van der Waals surface area contributed by atoms with E-state index in [1.54, 1.807) is 0 Å². The van der Waals surface area contributed by atoms with Crippen LogP contribution >= 0.6 is 11.3 Å². The molecule has 2 heterocycles. The van der Waals surface area contributed by atoms with Gasteiger partial charge >= 0.3 is 0 Å². The molecule has 0 spiro atoms. The Hall–Kier alpha value is -7.98. The molecule has 0 saturated carbocycles. The van der Waals surface area contributed by atoms with E-state index in [1.807, 2.05) is 11.3 Å². The number of anilines is 3. The molecular formula is C61H40N2S. The van der Waals surface area contributed by atoms with Crippen LogP contribution in [0.4, 0.5) is 17.1 Å². The van der Waals surface area contributed by atoms with Crippen molar-refractivity contribution in [1.82, 2.24) is 4.57 Å². The Balaban J connectivity index is 1.05. The standard InChI is InChI=1S/C61H40N2S/c1-6-18-41(19-7-1)42-30-37-58-54(38-42)52-35-34-51-53-39-47(32-36-57(53)63(59(51)60(52)64-58)46-26-14-5-15-27-46)62(45-24-12-4-13-25-45)48-31-33-50-49-28-16-17-29-55(49)61(56(50)40-48,43-20-8-2-9-21-43)44-22-10-3-11-23-44/h1-40H. The van der Waals surface area contributed by atoms with E-state index >= 15 is 0 Å². The first-order chi connectivity index (χ1) is 31.8. The van der Waals surface area contributed by atoms with Gasteiger partial charge in [-0.2, -0.15) is 0 Å². The Morgan fingerprint density at radius 1 is 0.375 bits per heavy atom. The molecule has 1 aliphatic carbocycles. The molecule has 300 valence electrons. The Morgan fingerprint density at radius 3 is 1.70 bits per heavy atom. The van der Waals surface area contributed by atoms with E-state index in [9.17, 15) is 0 Å². The average Bonchev–Trinajstić information content (AvgIpc) is 4.01. The van der Waals surface area contributed by atoms with E-state index in [2.05, 4.69) is 252 Å². The summed E-state index contributed by atoms with van der Waals surface area (Å²) in [5.74, 6) is 0. The molecule has 0 radical (unpaired) electrons. The summed E-state index contributed by atoms with van der Waals surface area (Å²) < 4.78 is 5.08. The van der Waals surface area contributed by atoms with E-state index in [4.69, 9.17) is 0 Å². The van der Waals surface area contributed by atoms with E-state index in [0.29, 0.717) is 0 Å². The summed E-state index contributed by atoms with van der Waals surface area (Å²) in [7, 11) is 0. The minimum absolute atomic E-state index is 0.503. The fraction of sp³-hybridized carbons (Fsp3) is 0.0164. The summed E-state index contributed by atoms with van der Waals surface area (Å²) in [6.07, 6.45) is 0. The average molecular weight is 833 g/mol. The van der Waals surface area contributed by atoms with Crippen LogP contribution in [0.5, 0.6) is 0 Å². The molecule has 0 bridgehead atoms. The van der Waals surface area contributed by atoms with E-state index in [1.165, 1.54) is 86.5 Å². The number of fused-ring (bicyclic) bond motifs is 10. The Labute approximate surface area is 376 Å². The van der Waals surface area contributed by atoms with Crippen LogP contribution in [0.15, 0.2) is 243 Å². The highest BCUT2D eigenvalue weighted by Crippen LogP contribution is 2.57. The van der Waals surface area contributed by atoms with Crippen molar-refractivity contribution < 1.29 is 0 Å². The number of nitrogens with zero attached hydrogens (tertiary/aromatic N) is 2. The van der Waals surface area contributed by atoms with Crippen LogP contribution in [0, 0.1) is 0 Å². The van der Waals surface area contributed by atoms with Crippen molar-refractivity contribution in [1.29, 1.82) is 0 Å². The first kappa shape index (κ1) is 36.7. The number of para-hydroxylation sites is 2. The summed E-state index contributed by atoms with van der Waals surface area (Å²) in [6, 6.07) is 89.4. The molecule has 10 aromatic carbocycles. The first-order valence-electron chi connectivity index (χ1n) is 22.0. The third-order valence-electron chi connectivity index (χ3n) is 13.4. The van der Waals surface area contributed by atoms with E-state index in [0.717, 1.165) is 22.7 Å². The monoisotopic (exact) mass is 832 g/mol. The van der Waals surface area contributed by atoms with Crippen molar-refractivity contribution in [3.8, 4) is 27.9 Å². The minimum Gasteiger partial charge on any atom is -0.310 e. The molecule has 64 heavy (non-hydrogen) atoms. The van der Waals surface area contributed by atoms with Crippen molar-refractivity contribution in [3.05, 3.63) is 265 Å². The maximum atomic E-state index is 2.48. The molecule has 0 amide bonds. The number of benzene rings is 10. The van der Waals surface area contributed by atoms with Crippen LogP contribution in [-0.4, -0.2) is 4.57 Å². The summed E-state index contributed by atoms with van der Waals surface area (Å²) in [6.45, 7) is 0. The van der Waals surface area contributed by atoms with Crippen molar-refractivity contribution in [2.24, 2.45) is 0 Å². The zero-order valence-corrected chi connectivity index (χ0v) is 35.7. The van der Waals surface area contributed by atoms with Crippen molar-refractivity contribution in [2.45, 2.75) is 5.41 Å². The van der Waals surface area contributed by atoms with Crippen molar-refractivity contribution >= 4 is 70.4 Å². The van der Waals surface area contributed by atoms with Gasteiger partial charge in [0.25, 0.3) is 0 Å². The van der Waals surface area contributed by atoms with Crippen LogP contribution in [0.1, 0.15) is 22.3 Å². The number of hydrogen-bond donors (Lipinski definition) is 0. The van der Waals surface area contributed by atoms with Gasteiger partial charge in [-0.25, -0.2) is 0 Å². The van der Waals surface area contributed by atoms with Crippen LogP contribution in [0.2, 0.25) is 0 Å². The zero-order chi connectivity index (χ0) is 42.2. The highest BCUT2D eigenvalue weighted by molar-refractivity contribution is 7.26. The Morgan fingerprint density at radius 2 is 0.969 bits per heavy atom. The van der Waals surface area contributed by atoms with Gasteiger partial charge in [-0.15, -0.1) is 11.3 Å². The predicted molar refractivity (Wildman–Crippen MR) is 271 cm³/mol. The fourth-order valence-electron chi connectivity index (χ4n) is 10.7. The molecule has 0 atom stereocenters. The molecular weight excluding hydrogens is 793 g/mol. The van der Waals surface area contributed by atoms with Crippen LogP contribution < -0.4 is 4.90 Å². The second kappa shape index (κ2) is 14.6. The molecule has 13 rings (SSSR count). The SMILES string of the molecule is c1ccc(-c2ccc3sc4c(ccc5c6cc(N(c7ccccc7)c7ccc8c(c7)C(c7ccccc7)(c7ccccc7)c7ccccc7-8)ccc6n(-c6ccccc6)c54)c3c2)cc1. The summed E-state index contributed by atoms with van der Waals surface area (Å²) in [5, 5.41) is 5.05. The lowest BCUT2D eigenvalue weighted by Gasteiger charge is -2.35. The van der Waals surface area contributed by atoms with Gasteiger partial charge < -0.3 is 9.47 Å². The van der Waals surface area contributed by atoms with E-state index < -0.39 is 5.41 Å². The number of rotatable bonds is 7. The first-order valence-corrected chi connectivity index (χ1v) is 22.8. The Kier molecular flexibility index (Phi) is 8.34. The second-order valence-electron chi connectivity index (χ2n) is 16.8. The van der Waals surface area contributed by atoms with Gasteiger partial charge in [-0.05, 0) is 111 Å². The van der Waals surface area contributed by atoms with Gasteiger partial charge in [0.05, 0.1) is 21.1 Å². The van der Waals surface area contributed by atoms with Gasteiger partial charge in [0.2, 0.25) is 0 Å². The van der Waals surface area contributed by atoms with Crippen LogP contribution in [0.3, 0.4) is 0 Å². The summed E-state index contributed by atoms with van der Waals surface area (Å²) in [4.78, 5) is 2.44. The lowest BCUT2D eigenvalue weighted by molar-refractivity contribution is 0.768. The van der Waals surface area contributed by atoms with Crippen LogP contribution in [-0.2, 0) is 5.41 Å². The molecule has 2 aromatic heterocycles. The van der Waals surface area contributed by atoms with Gasteiger partial charge in [0, 0.05) is 49.0 Å². The second-order valence-corrected chi connectivity index (χ2v) is 17.9. The highest BCUT2D eigenvalue weighted by atomic mass is 32.1. The van der Waals surface area contributed by atoms with Crippen molar-refractivity contribution in [3.63, 3.8) is 0 Å². The molecule has 1 aliphatic rings. The van der Waals surface area contributed by atoms with E-state index in [-0.39, 0.29) is 0 Å². The quantitative estimate of drug-likeness (QED) is 0.155. The number of aromatic nitrogens is 1. The molecule has 12 aromatic rings. The minimum atomic E-state index is -0.503. The largest absolute Gasteiger partial charge is 0.310 e. The molecule has 0 unspecified atom stereocenters. The van der Waals surface area contributed by atoms with Crippen molar-refractivity contribution in [2.75, 3.05) is 4.90 Å². The Bertz CT molecular complexity index is 3660. The normalized spacial score (nSPS) is 12.8. The van der Waals surface area contributed by atoms with Gasteiger partial charge in [-0.3, -0.25) is 0 Å². The summed E-state index contributed by atoms with van der Waals surface area (Å²) in [5.41, 5.74) is 16.5. The van der Waals surface area contributed by atoms with Crippen LogP contribution in [0.25, 0.3) is 69.9 Å². The fourth-order valence-corrected chi connectivity index (χ4v) is 11.9. The molecule has 0 saturated heterocycles. The maximum Gasteiger partial charge on any atom is 0.0719 e. The van der Waals surface area contributed by atoms with Gasteiger partial charge in [0.1, 0.15) is 0 Å². The number of thiophene rings is 1. The lowest BCUT2D eigenvalue weighted by atomic mass is 9.67. The molecule has 0 N–H and O–H groups in total. The molecule has 0 fully saturated rings. The topological polar surface area (TPSA) is 8.17 Å².